The summed E-state index contributed by atoms with van der Waals surface area (Å²) in [5.41, 5.74) is 1.25. The van der Waals surface area contributed by atoms with Crippen LogP contribution in [0.25, 0.3) is 10.2 Å². The number of hydrogen-bond acceptors (Lipinski definition) is 5. The quantitative estimate of drug-likeness (QED) is 0.428. The molecule has 0 fully saturated rings. The Kier molecular flexibility index (Phi) is 2.09. The zero-order chi connectivity index (χ0) is 10.1. The second-order valence-corrected chi connectivity index (χ2v) is 4.03. The molecule has 0 aliphatic rings. The van der Waals surface area contributed by atoms with Gasteiger partial charge in [0.05, 0.1) is 21.4 Å². The molecule has 0 aliphatic carbocycles. The molecule has 5 heteroatoms. The summed E-state index contributed by atoms with van der Waals surface area (Å²) in [4.78, 5) is 4.23. The summed E-state index contributed by atoms with van der Waals surface area (Å²) in [6.07, 6.45) is 1.20. The number of phenolic OH excluding ortho intramolecular Hbond substituents is 1. The standard InChI is InChI=1S/C9H8N2O2S/c1-5-11-7-3-2-6(4-10-13)8(12)9(7)14-5/h2-4,12-13H,1H3. The van der Waals surface area contributed by atoms with E-state index in [4.69, 9.17) is 5.21 Å². The Morgan fingerprint density at radius 3 is 3.00 bits per heavy atom. The van der Waals surface area contributed by atoms with Gasteiger partial charge in [-0.05, 0) is 19.1 Å². The number of fused-ring (bicyclic) bond motifs is 1. The van der Waals surface area contributed by atoms with Gasteiger partial charge in [-0.25, -0.2) is 4.98 Å². The summed E-state index contributed by atoms with van der Waals surface area (Å²) in [6.45, 7) is 1.88. The Balaban J connectivity index is 2.73. The highest BCUT2D eigenvalue weighted by atomic mass is 32.1. The number of aryl methyl sites for hydroxylation is 1. The van der Waals surface area contributed by atoms with Gasteiger partial charge in [-0.2, -0.15) is 0 Å². The minimum absolute atomic E-state index is 0.117. The lowest BCUT2D eigenvalue weighted by Crippen LogP contribution is -1.82. The maximum atomic E-state index is 9.76. The van der Waals surface area contributed by atoms with Gasteiger partial charge in [0.25, 0.3) is 0 Å². The third-order valence-corrected chi connectivity index (χ3v) is 2.86. The van der Waals surface area contributed by atoms with Crippen molar-refractivity contribution in [2.45, 2.75) is 6.92 Å². The van der Waals surface area contributed by atoms with Crippen LogP contribution in [0.4, 0.5) is 0 Å². The van der Waals surface area contributed by atoms with Crippen molar-refractivity contribution in [1.82, 2.24) is 4.98 Å². The molecule has 0 bridgehead atoms. The van der Waals surface area contributed by atoms with Gasteiger partial charge in [-0.3, -0.25) is 0 Å². The second kappa shape index (κ2) is 3.26. The van der Waals surface area contributed by atoms with E-state index in [1.54, 1.807) is 12.1 Å². The maximum absolute atomic E-state index is 9.76. The highest BCUT2D eigenvalue weighted by molar-refractivity contribution is 7.18. The number of oxime groups is 1. The summed E-state index contributed by atoms with van der Waals surface area (Å²) in [5.74, 6) is 0.117. The number of rotatable bonds is 1. The Labute approximate surface area is 84.1 Å². The molecule has 72 valence electrons. The van der Waals surface area contributed by atoms with Crippen LogP contribution in [0.1, 0.15) is 10.6 Å². The van der Waals surface area contributed by atoms with E-state index in [0.29, 0.717) is 5.56 Å². The minimum atomic E-state index is 0.117. The van der Waals surface area contributed by atoms with Crippen LogP contribution in [0.15, 0.2) is 17.3 Å². The summed E-state index contributed by atoms with van der Waals surface area (Å²) < 4.78 is 0.722. The van der Waals surface area contributed by atoms with Crippen molar-refractivity contribution in [2.75, 3.05) is 0 Å². The van der Waals surface area contributed by atoms with Crippen molar-refractivity contribution >= 4 is 27.8 Å². The average molecular weight is 208 g/mol. The molecule has 1 heterocycles. The summed E-state index contributed by atoms with van der Waals surface area (Å²) >= 11 is 1.41. The number of aromatic nitrogens is 1. The van der Waals surface area contributed by atoms with Crippen LogP contribution in [0.3, 0.4) is 0 Å². The lowest BCUT2D eigenvalue weighted by atomic mass is 10.2. The molecular formula is C9H8N2O2S. The summed E-state index contributed by atoms with van der Waals surface area (Å²) in [5, 5.41) is 21.9. The monoisotopic (exact) mass is 208 g/mol. The molecule has 0 amide bonds. The highest BCUT2D eigenvalue weighted by Crippen LogP contribution is 2.32. The number of nitrogens with zero attached hydrogens (tertiary/aromatic N) is 2. The predicted octanol–water partition coefficient (Wildman–Crippen LogP) is 2.12. The van der Waals surface area contributed by atoms with Gasteiger partial charge in [-0.15, -0.1) is 11.3 Å². The van der Waals surface area contributed by atoms with Gasteiger partial charge in [0.1, 0.15) is 5.75 Å². The molecule has 2 aromatic rings. The topological polar surface area (TPSA) is 65.7 Å². The van der Waals surface area contributed by atoms with E-state index in [2.05, 4.69) is 10.1 Å². The minimum Gasteiger partial charge on any atom is -0.506 e. The lowest BCUT2D eigenvalue weighted by molar-refractivity contribution is 0.321. The van der Waals surface area contributed by atoms with Crippen molar-refractivity contribution in [3.8, 4) is 5.75 Å². The molecule has 1 aromatic heterocycles. The van der Waals surface area contributed by atoms with Crippen molar-refractivity contribution in [3.05, 3.63) is 22.7 Å². The Morgan fingerprint density at radius 2 is 2.29 bits per heavy atom. The Bertz CT molecular complexity index is 505. The van der Waals surface area contributed by atoms with E-state index < -0.39 is 0 Å². The van der Waals surface area contributed by atoms with Crippen LogP contribution in [0, 0.1) is 6.92 Å². The fourth-order valence-corrected chi connectivity index (χ4v) is 2.14. The van der Waals surface area contributed by atoms with Crippen molar-refractivity contribution in [2.24, 2.45) is 5.16 Å². The van der Waals surface area contributed by atoms with E-state index in [1.165, 1.54) is 17.6 Å². The SMILES string of the molecule is Cc1nc2ccc(C=NO)c(O)c2s1. The van der Waals surface area contributed by atoms with E-state index in [0.717, 1.165) is 15.2 Å². The first kappa shape index (κ1) is 8.96. The molecular weight excluding hydrogens is 200 g/mol. The summed E-state index contributed by atoms with van der Waals surface area (Å²) in [6, 6.07) is 3.45. The molecule has 0 saturated carbocycles. The fraction of sp³-hybridized carbons (Fsp3) is 0.111. The van der Waals surface area contributed by atoms with Crippen LogP contribution < -0.4 is 0 Å². The average Bonchev–Trinajstić information content (AvgIpc) is 2.52. The largest absolute Gasteiger partial charge is 0.506 e. The van der Waals surface area contributed by atoms with Crippen LogP contribution >= 0.6 is 11.3 Å². The maximum Gasteiger partial charge on any atom is 0.143 e. The van der Waals surface area contributed by atoms with Crippen molar-refractivity contribution < 1.29 is 10.3 Å². The first-order valence-corrected chi connectivity index (χ1v) is 4.80. The first-order valence-electron chi connectivity index (χ1n) is 3.99. The number of thiazole rings is 1. The molecule has 0 saturated heterocycles. The predicted molar refractivity (Wildman–Crippen MR) is 55.4 cm³/mol. The van der Waals surface area contributed by atoms with Gasteiger partial charge in [0.2, 0.25) is 0 Å². The highest BCUT2D eigenvalue weighted by Gasteiger charge is 2.08. The normalized spacial score (nSPS) is 11.5. The number of phenols is 1. The third kappa shape index (κ3) is 1.31. The smallest absolute Gasteiger partial charge is 0.143 e. The van der Waals surface area contributed by atoms with Crippen molar-refractivity contribution in [3.63, 3.8) is 0 Å². The zero-order valence-electron chi connectivity index (χ0n) is 7.43. The molecule has 0 aliphatic heterocycles. The molecule has 2 rings (SSSR count). The molecule has 0 atom stereocenters. The molecule has 0 unspecified atom stereocenters. The number of aromatic hydroxyl groups is 1. The zero-order valence-corrected chi connectivity index (χ0v) is 8.25. The Morgan fingerprint density at radius 1 is 1.50 bits per heavy atom. The molecule has 14 heavy (non-hydrogen) atoms. The third-order valence-electron chi connectivity index (χ3n) is 1.87. The molecule has 1 aromatic carbocycles. The van der Waals surface area contributed by atoms with Crippen LogP contribution in [0.2, 0.25) is 0 Å². The molecule has 0 spiro atoms. The lowest BCUT2D eigenvalue weighted by Gasteiger charge is -1.97. The van der Waals surface area contributed by atoms with Gasteiger partial charge in [0, 0.05) is 5.56 Å². The Hall–Kier alpha value is -1.62. The van der Waals surface area contributed by atoms with Crippen LogP contribution in [-0.2, 0) is 0 Å². The van der Waals surface area contributed by atoms with Gasteiger partial charge in [0.15, 0.2) is 0 Å². The number of benzene rings is 1. The second-order valence-electron chi connectivity index (χ2n) is 2.83. The van der Waals surface area contributed by atoms with Crippen molar-refractivity contribution in [1.29, 1.82) is 0 Å². The van der Waals surface area contributed by atoms with Gasteiger partial charge in [-0.1, -0.05) is 5.16 Å². The van der Waals surface area contributed by atoms with Crippen LogP contribution in [-0.4, -0.2) is 21.5 Å². The van der Waals surface area contributed by atoms with Crippen LogP contribution in [0.5, 0.6) is 5.75 Å². The molecule has 2 N–H and O–H groups in total. The van der Waals surface area contributed by atoms with Gasteiger partial charge < -0.3 is 10.3 Å². The number of hydrogen-bond donors (Lipinski definition) is 2. The van der Waals surface area contributed by atoms with E-state index in [-0.39, 0.29) is 5.75 Å². The summed E-state index contributed by atoms with van der Waals surface area (Å²) in [7, 11) is 0. The molecule has 0 radical (unpaired) electrons. The van der Waals surface area contributed by atoms with Gasteiger partial charge >= 0.3 is 0 Å². The van der Waals surface area contributed by atoms with E-state index in [1.807, 2.05) is 6.92 Å². The van der Waals surface area contributed by atoms with E-state index in [9.17, 15) is 5.11 Å². The fourth-order valence-electron chi connectivity index (χ4n) is 1.27. The van der Waals surface area contributed by atoms with E-state index >= 15 is 0 Å². The first-order chi connectivity index (χ1) is 6.72. The molecule has 4 nitrogen and oxygen atoms in total.